The van der Waals surface area contributed by atoms with E-state index < -0.39 is 0 Å². The number of rotatable bonds is 4. The lowest BCUT2D eigenvalue weighted by Crippen LogP contribution is -2.20. The summed E-state index contributed by atoms with van der Waals surface area (Å²) in [5.41, 5.74) is 6.78. The Morgan fingerprint density at radius 3 is 2.53 bits per heavy atom. The number of nitrogens with one attached hydrogen (secondary N) is 1. The fourth-order valence-corrected chi connectivity index (χ4v) is 3.67. The number of nitrogens with zero attached hydrogens (tertiary/aromatic N) is 2. The van der Waals surface area contributed by atoms with Crippen molar-refractivity contribution in [2.24, 2.45) is 5.10 Å². The minimum absolute atomic E-state index is 0.325. The van der Waals surface area contributed by atoms with E-state index in [2.05, 4.69) is 10.5 Å². The third-order valence-electron chi connectivity index (χ3n) is 5.21. The molecule has 2 heterocycles. The number of carbonyl (C=O) groups excluding carboxylic acids is 1. The van der Waals surface area contributed by atoms with E-state index in [-0.39, 0.29) is 5.91 Å². The Hall–Kier alpha value is -3.96. The van der Waals surface area contributed by atoms with Gasteiger partial charge >= 0.3 is 0 Å². The largest absolute Gasteiger partial charge is 0.455 e. The molecule has 0 saturated heterocycles. The van der Waals surface area contributed by atoms with Gasteiger partial charge in [0.25, 0.3) is 5.91 Å². The van der Waals surface area contributed by atoms with Crippen LogP contribution in [0, 0.1) is 0 Å². The molecule has 0 unspecified atom stereocenters. The summed E-state index contributed by atoms with van der Waals surface area (Å²) in [6.07, 6.45) is 0. The Kier molecular flexibility index (Phi) is 5.17. The van der Waals surface area contributed by atoms with E-state index in [4.69, 9.17) is 21.0 Å². The van der Waals surface area contributed by atoms with Crippen molar-refractivity contribution in [3.8, 4) is 11.3 Å². The van der Waals surface area contributed by atoms with Gasteiger partial charge in [-0.15, -0.1) is 0 Å². The molecular formula is C26H18ClN3O2. The first kappa shape index (κ1) is 20.0. The number of furan rings is 1. The molecule has 0 radical (unpaired) electrons. The molecule has 2 aromatic heterocycles. The number of fused-ring (bicyclic) bond motifs is 2. The molecule has 0 spiro atoms. The number of aromatic nitrogens is 1. The van der Waals surface area contributed by atoms with Crippen LogP contribution in [-0.4, -0.2) is 16.6 Å². The van der Waals surface area contributed by atoms with Gasteiger partial charge in [0.1, 0.15) is 11.3 Å². The Bertz CT molecular complexity index is 1450. The van der Waals surface area contributed by atoms with E-state index in [9.17, 15) is 4.79 Å². The molecule has 0 aliphatic rings. The Morgan fingerprint density at radius 1 is 0.969 bits per heavy atom. The van der Waals surface area contributed by atoms with Crippen LogP contribution in [0.1, 0.15) is 23.0 Å². The van der Waals surface area contributed by atoms with Gasteiger partial charge < -0.3 is 4.42 Å². The molecule has 0 aliphatic carbocycles. The number of hydrogen-bond donors (Lipinski definition) is 1. The maximum absolute atomic E-state index is 13.1. The van der Waals surface area contributed by atoms with E-state index in [0.717, 1.165) is 27.4 Å². The van der Waals surface area contributed by atoms with Crippen molar-refractivity contribution in [3.05, 3.63) is 101 Å². The zero-order valence-corrected chi connectivity index (χ0v) is 17.9. The van der Waals surface area contributed by atoms with Crippen molar-refractivity contribution in [1.82, 2.24) is 10.4 Å². The standard InChI is InChI=1S/C26H18ClN3O2/c1-16(25-14-18-6-2-5-9-24(18)32-25)29-30-26(31)21-15-23(17-10-12-19(27)13-11-17)28-22-8-4-3-7-20(21)22/h2-15H,1H3,(H,30,31)/b29-16-. The first-order chi connectivity index (χ1) is 15.6. The number of amides is 1. The van der Waals surface area contributed by atoms with Gasteiger partial charge in [-0.25, -0.2) is 10.4 Å². The highest BCUT2D eigenvalue weighted by molar-refractivity contribution is 6.30. The van der Waals surface area contributed by atoms with Crippen molar-refractivity contribution in [2.75, 3.05) is 0 Å². The van der Waals surface area contributed by atoms with Crippen molar-refractivity contribution in [1.29, 1.82) is 0 Å². The zero-order chi connectivity index (χ0) is 22.1. The molecule has 6 heteroatoms. The molecule has 0 fully saturated rings. The second-order valence-electron chi connectivity index (χ2n) is 7.37. The second kappa shape index (κ2) is 8.29. The molecule has 0 saturated carbocycles. The third kappa shape index (κ3) is 3.86. The summed E-state index contributed by atoms with van der Waals surface area (Å²) >= 11 is 6.02. The highest BCUT2D eigenvalue weighted by atomic mass is 35.5. The number of halogens is 1. The van der Waals surface area contributed by atoms with Gasteiger partial charge in [0, 0.05) is 21.4 Å². The van der Waals surface area contributed by atoms with Crippen LogP contribution in [0.25, 0.3) is 33.1 Å². The van der Waals surface area contributed by atoms with Crippen molar-refractivity contribution >= 4 is 45.1 Å². The summed E-state index contributed by atoms with van der Waals surface area (Å²) in [6.45, 7) is 1.79. The lowest BCUT2D eigenvalue weighted by molar-refractivity contribution is 0.0956. The van der Waals surface area contributed by atoms with Crippen LogP contribution in [0.15, 0.2) is 94.4 Å². The predicted octanol–water partition coefficient (Wildman–Crippen LogP) is 6.46. The fraction of sp³-hybridized carbons (Fsp3) is 0.0385. The quantitative estimate of drug-likeness (QED) is 0.258. The third-order valence-corrected chi connectivity index (χ3v) is 5.46. The van der Waals surface area contributed by atoms with Crippen molar-refractivity contribution in [2.45, 2.75) is 6.92 Å². The van der Waals surface area contributed by atoms with Crippen LogP contribution in [0.2, 0.25) is 5.02 Å². The summed E-state index contributed by atoms with van der Waals surface area (Å²) in [4.78, 5) is 17.8. The van der Waals surface area contributed by atoms with E-state index in [1.165, 1.54) is 0 Å². The van der Waals surface area contributed by atoms with Gasteiger partial charge in [0.15, 0.2) is 5.76 Å². The Balaban J connectivity index is 1.49. The number of hydrogen-bond acceptors (Lipinski definition) is 4. The Labute approximate surface area is 189 Å². The van der Waals surface area contributed by atoms with Crippen LogP contribution in [0.4, 0.5) is 0 Å². The van der Waals surface area contributed by atoms with Gasteiger partial charge in [0.2, 0.25) is 0 Å². The first-order valence-corrected chi connectivity index (χ1v) is 10.5. The molecule has 1 amide bonds. The summed E-state index contributed by atoms with van der Waals surface area (Å²) < 4.78 is 5.82. The van der Waals surface area contributed by atoms with Crippen LogP contribution >= 0.6 is 11.6 Å². The first-order valence-electron chi connectivity index (χ1n) is 10.1. The van der Waals surface area contributed by atoms with E-state index in [0.29, 0.717) is 27.8 Å². The molecule has 156 valence electrons. The number of benzene rings is 3. The minimum atomic E-state index is -0.325. The molecule has 3 aromatic carbocycles. The highest BCUT2D eigenvalue weighted by Crippen LogP contribution is 2.26. The van der Waals surface area contributed by atoms with Gasteiger partial charge in [-0.1, -0.05) is 60.1 Å². The maximum atomic E-state index is 13.1. The maximum Gasteiger partial charge on any atom is 0.272 e. The fourth-order valence-electron chi connectivity index (χ4n) is 3.54. The molecular weight excluding hydrogens is 422 g/mol. The van der Waals surface area contributed by atoms with Gasteiger partial charge in [-0.05, 0) is 43.3 Å². The lowest BCUT2D eigenvalue weighted by atomic mass is 10.0. The predicted molar refractivity (Wildman–Crippen MR) is 128 cm³/mol. The highest BCUT2D eigenvalue weighted by Gasteiger charge is 2.14. The average Bonchev–Trinajstić information content (AvgIpc) is 3.26. The van der Waals surface area contributed by atoms with Crippen LogP contribution in [0.3, 0.4) is 0 Å². The van der Waals surface area contributed by atoms with Crippen molar-refractivity contribution in [3.63, 3.8) is 0 Å². The molecule has 32 heavy (non-hydrogen) atoms. The molecule has 5 aromatic rings. The average molecular weight is 440 g/mol. The zero-order valence-electron chi connectivity index (χ0n) is 17.2. The van der Waals surface area contributed by atoms with Gasteiger partial charge in [0.05, 0.1) is 16.8 Å². The Morgan fingerprint density at radius 2 is 1.72 bits per heavy atom. The number of para-hydroxylation sites is 2. The van der Waals surface area contributed by atoms with E-state index >= 15 is 0 Å². The van der Waals surface area contributed by atoms with Gasteiger partial charge in [-0.3, -0.25) is 4.79 Å². The minimum Gasteiger partial charge on any atom is -0.455 e. The van der Waals surface area contributed by atoms with Gasteiger partial charge in [-0.2, -0.15) is 5.10 Å². The number of hydrazone groups is 1. The summed E-state index contributed by atoms with van der Waals surface area (Å²) in [7, 11) is 0. The lowest BCUT2D eigenvalue weighted by Gasteiger charge is -2.09. The molecule has 1 N–H and O–H groups in total. The molecule has 0 atom stereocenters. The normalized spacial score (nSPS) is 11.8. The molecule has 0 aliphatic heterocycles. The van der Waals surface area contributed by atoms with E-state index in [1.807, 2.05) is 66.7 Å². The SMILES string of the molecule is C/C(=N/NC(=O)c1cc(-c2ccc(Cl)cc2)nc2ccccc12)c1cc2ccccc2o1. The summed E-state index contributed by atoms with van der Waals surface area (Å²) in [5, 5.41) is 6.65. The number of carbonyl (C=O) groups is 1. The second-order valence-corrected chi connectivity index (χ2v) is 7.80. The topological polar surface area (TPSA) is 67.5 Å². The van der Waals surface area contributed by atoms with Crippen LogP contribution in [0.5, 0.6) is 0 Å². The monoisotopic (exact) mass is 439 g/mol. The molecule has 5 rings (SSSR count). The van der Waals surface area contributed by atoms with Crippen LogP contribution in [-0.2, 0) is 0 Å². The van der Waals surface area contributed by atoms with Crippen molar-refractivity contribution < 1.29 is 9.21 Å². The summed E-state index contributed by atoms with van der Waals surface area (Å²) in [5.74, 6) is 0.280. The molecule has 0 bridgehead atoms. The van der Waals surface area contributed by atoms with Crippen LogP contribution < -0.4 is 5.43 Å². The number of pyridine rings is 1. The smallest absolute Gasteiger partial charge is 0.272 e. The molecule has 5 nitrogen and oxygen atoms in total. The summed E-state index contributed by atoms with van der Waals surface area (Å²) in [6, 6.07) is 26.3. The van der Waals surface area contributed by atoms with E-state index in [1.54, 1.807) is 25.1 Å².